The lowest BCUT2D eigenvalue weighted by molar-refractivity contribution is -0.385. The molecule has 5 aromatic rings. The molecule has 1 amide bonds. The zero-order chi connectivity index (χ0) is 24.7. The molecule has 0 fully saturated rings. The van der Waals surface area contributed by atoms with Crippen LogP contribution in [0.25, 0.3) is 27.3 Å². The summed E-state index contributed by atoms with van der Waals surface area (Å²) in [6, 6.07) is 17.9. The second-order valence-electron chi connectivity index (χ2n) is 7.92. The van der Waals surface area contributed by atoms with Crippen LogP contribution in [0.2, 0.25) is 0 Å². The fourth-order valence-electron chi connectivity index (χ4n) is 4.44. The molecule has 0 unspecified atom stereocenters. The summed E-state index contributed by atoms with van der Waals surface area (Å²) in [6.45, 7) is 3.96. The second kappa shape index (κ2) is 8.60. The number of nitrogens with zero attached hydrogens (tertiary/aromatic N) is 3. The van der Waals surface area contributed by atoms with E-state index < -0.39 is 10.8 Å². The lowest BCUT2D eigenvalue weighted by Gasteiger charge is -2.12. The first-order valence-electron chi connectivity index (χ1n) is 11.0. The van der Waals surface area contributed by atoms with Gasteiger partial charge in [0.15, 0.2) is 11.5 Å². The third-order valence-corrected chi connectivity index (χ3v) is 5.90. The number of hydrogen-bond acceptors (Lipinski definition) is 6. The maximum Gasteiger partial charge on any atom is 0.286 e. The molecule has 0 saturated heterocycles. The van der Waals surface area contributed by atoms with Gasteiger partial charge in [0.25, 0.3) is 11.6 Å². The lowest BCUT2D eigenvalue weighted by atomic mass is 10.1. The first kappa shape index (κ1) is 22.1. The van der Waals surface area contributed by atoms with Gasteiger partial charge in [-0.05, 0) is 26.0 Å². The Bertz CT molecular complexity index is 1640. The van der Waals surface area contributed by atoms with E-state index in [0.717, 1.165) is 33.1 Å². The zero-order valence-electron chi connectivity index (χ0n) is 19.4. The number of aryl methyl sites for hydroxylation is 1. The van der Waals surface area contributed by atoms with E-state index in [1.165, 1.54) is 19.2 Å². The molecule has 2 aromatic heterocycles. The van der Waals surface area contributed by atoms with Gasteiger partial charge in [-0.25, -0.2) is 4.98 Å². The van der Waals surface area contributed by atoms with Crippen LogP contribution >= 0.6 is 0 Å². The summed E-state index contributed by atoms with van der Waals surface area (Å²) >= 11 is 0. The van der Waals surface area contributed by atoms with E-state index in [2.05, 4.69) is 5.32 Å². The number of methoxy groups -OCH3 is 1. The topological polar surface area (TPSA) is 108 Å². The molecule has 0 spiro atoms. The van der Waals surface area contributed by atoms with Crippen molar-refractivity contribution in [1.29, 1.82) is 0 Å². The minimum absolute atomic E-state index is 0.131. The van der Waals surface area contributed by atoms with Crippen LogP contribution in [-0.2, 0) is 0 Å². The van der Waals surface area contributed by atoms with E-state index in [0.29, 0.717) is 12.3 Å². The first-order chi connectivity index (χ1) is 16.9. The lowest BCUT2D eigenvalue weighted by Crippen LogP contribution is -2.15. The van der Waals surface area contributed by atoms with Crippen LogP contribution in [0.3, 0.4) is 0 Å². The highest BCUT2D eigenvalue weighted by Crippen LogP contribution is 2.39. The molecule has 2 heterocycles. The number of rotatable bonds is 6. The van der Waals surface area contributed by atoms with Gasteiger partial charge < -0.3 is 14.8 Å². The number of para-hydroxylation sites is 2. The van der Waals surface area contributed by atoms with Crippen molar-refractivity contribution in [3.63, 3.8) is 0 Å². The number of carbonyl (C=O) groups is 1. The highest BCUT2D eigenvalue weighted by molar-refractivity contribution is 6.19. The number of benzene rings is 3. The molecule has 5 rings (SSSR count). The summed E-state index contributed by atoms with van der Waals surface area (Å²) in [5.74, 6) is 0.560. The fraction of sp³-hybridized carbons (Fsp3) is 0.154. The van der Waals surface area contributed by atoms with Crippen molar-refractivity contribution in [3.8, 4) is 11.5 Å². The standard InChI is InChI=1S/C26H22N4O5/c1-4-35-23-14-21(30(32)33)18(13-22(23)34-3)26(31)28-24-17-10-6-8-12-20(17)29-15(2)27-19-11-7-5-9-16(19)25(24)29/h5-14H,4H2,1-3H3,(H,28,31). The number of ether oxygens (including phenoxy) is 2. The van der Waals surface area contributed by atoms with Crippen molar-refractivity contribution in [2.24, 2.45) is 0 Å². The number of hydrogen-bond donors (Lipinski definition) is 1. The van der Waals surface area contributed by atoms with Crippen LogP contribution in [-0.4, -0.2) is 33.9 Å². The number of anilines is 1. The average molecular weight is 470 g/mol. The molecule has 0 atom stereocenters. The minimum atomic E-state index is -0.630. The fourth-order valence-corrected chi connectivity index (χ4v) is 4.44. The van der Waals surface area contributed by atoms with E-state index in [1.807, 2.05) is 59.9 Å². The van der Waals surface area contributed by atoms with Crippen LogP contribution in [0.4, 0.5) is 11.4 Å². The molecule has 1 N–H and O–H groups in total. The van der Waals surface area contributed by atoms with E-state index in [-0.39, 0.29) is 22.7 Å². The van der Waals surface area contributed by atoms with Gasteiger partial charge in [0.1, 0.15) is 11.4 Å². The molecule has 3 aromatic carbocycles. The first-order valence-corrected chi connectivity index (χ1v) is 11.0. The smallest absolute Gasteiger partial charge is 0.286 e. The molecule has 176 valence electrons. The summed E-state index contributed by atoms with van der Waals surface area (Å²) in [5.41, 5.74) is 2.46. The highest BCUT2D eigenvalue weighted by Gasteiger charge is 2.27. The van der Waals surface area contributed by atoms with Crippen molar-refractivity contribution >= 4 is 44.6 Å². The van der Waals surface area contributed by atoms with Gasteiger partial charge in [0.2, 0.25) is 0 Å². The van der Waals surface area contributed by atoms with Gasteiger partial charge in [-0.1, -0.05) is 36.4 Å². The van der Waals surface area contributed by atoms with Crippen LogP contribution in [0.5, 0.6) is 11.5 Å². The van der Waals surface area contributed by atoms with Crippen LogP contribution in [0.15, 0.2) is 60.7 Å². The molecule has 0 aliphatic rings. The van der Waals surface area contributed by atoms with Gasteiger partial charge in [0, 0.05) is 16.8 Å². The quantitative estimate of drug-likeness (QED) is 0.259. The van der Waals surface area contributed by atoms with Crippen molar-refractivity contribution < 1.29 is 19.2 Å². The predicted octanol–water partition coefficient (Wildman–Crippen LogP) is 5.52. The van der Waals surface area contributed by atoms with E-state index in [9.17, 15) is 14.9 Å². The average Bonchev–Trinajstić information content (AvgIpc) is 3.19. The summed E-state index contributed by atoms with van der Waals surface area (Å²) in [6.07, 6.45) is 0. The van der Waals surface area contributed by atoms with Crippen LogP contribution in [0, 0.1) is 17.0 Å². The Balaban J connectivity index is 1.74. The molecule has 0 radical (unpaired) electrons. The molecule has 9 heteroatoms. The van der Waals surface area contributed by atoms with Gasteiger partial charge in [-0.3, -0.25) is 19.3 Å². The summed E-state index contributed by atoms with van der Waals surface area (Å²) < 4.78 is 12.8. The molecular weight excluding hydrogens is 448 g/mol. The van der Waals surface area contributed by atoms with E-state index >= 15 is 0 Å². The number of carbonyl (C=O) groups excluding carboxylic acids is 1. The second-order valence-corrected chi connectivity index (χ2v) is 7.92. The van der Waals surface area contributed by atoms with Crippen molar-refractivity contribution in [2.75, 3.05) is 19.0 Å². The van der Waals surface area contributed by atoms with E-state index in [4.69, 9.17) is 14.5 Å². The van der Waals surface area contributed by atoms with Crippen molar-refractivity contribution in [1.82, 2.24) is 9.38 Å². The zero-order valence-corrected chi connectivity index (χ0v) is 19.4. The van der Waals surface area contributed by atoms with Crippen LogP contribution in [0.1, 0.15) is 23.1 Å². The van der Waals surface area contributed by atoms with Gasteiger partial charge >= 0.3 is 0 Å². The molecular formula is C26H22N4O5. The number of fused-ring (bicyclic) bond motifs is 5. The maximum absolute atomic E-state index is 13.5. The molecule has 9 nitrogen and oxygen atoms in total. The minimum Gasteiger partial charge on any atom is -0.493 e. The predicted molar refractivity (Wildman–Crippen MR) is 134 cm³/mol. The third-order valence-electron chi connectivity index (χ3n) is 5.90. The largest absolute Gasteiger partial charge is 0.493 e. The van der Waals surface area contributed by atoms with Crippen molar-refractivity contribution in [3.05, 3.63) is 82.2 Å². The maximum atomic E-state index is 13.5. The van der Waals surface area contributed by atoms with Gasteiger partial charge in [-0.2, -0.15) is 0 Å². The summed E-state index contributed by atoms with van der Waals surface area (Å²) in [5, 5.41) is 16.4. The Hall–Kier alpha value is -4.66. The van der Waals surface area contributed by atoms with Gasteiger partial charge in [-0.15, -0.1) is 0 Å². The number of nitro groups is 1. The Labute approximate surface area is 200 Å². The van der Waals surface area contributed by atoms with Crippen LogP contribution < -0.4 is 14.8 Å². The van der Waals surface area contributed by atoms with Gasteiger partial charge in [0.05, 0.1) is 46.9 Å². The Morgan fingerprint density at radius 3 is 2.51 bits per heavy atom. The normalized spacial score (nSPS) is 11.2. The number of amides is 1. The number of aromatic nitrogens is 2. The molecule has 0 aliphatic heterocycles. The molecule has 35 heavy (non-hydrogen) atoms. The number of nitro benzene ring substituents is 1. The summed E-state index contributed by atoms with van der Waals surface area (Å²) in [7, 11) is 1.42. The Kier molecular flexibility index (Phi) is 5.44. The highest BCUT2D eigenvalue weighted by atomic mass is 16.6. The third kappa shape index (κ3) is 3.57. The van der Waals surface area contributed by atoms with E-state index in [1.54, 1.807) is 6.92 Å². The molecule has 0 aliphatic carbocycles. The van der Waals surface area contributed by atoms with Crippen molar-refractivity contribution in [2.45, 2.75) is 13.8 Å². The summed E-state index contributed by atoms with van der Waals surface area (Å²) in [4.78, 5) is 29.5. The Morgan fingerprint density at radius 2 is 1.80 bits per heavy atom. The molecule has 0 bridgehead atoms. The SMILES string of the molecule is CCOc1cc([N+](=O)[O-])c(C(=O)Nc2c3ccccc3n3c(C)nc4ccccc4c23)cc1OC. The monoisotopic (exact) mass is 470 g/mol. The molecule has 0 saturated carbocycles. The number of nitrogens with one attached hydrogen (secondary N) is 1. The Morgan fingerprint density at radius 1 is 1.09 bits per heavy atom.